The number of benzene rings is 1. The van der Waals surface area contributed by atoms with Gasteiger partial charge >= 0.3 is 0 Å². The maximum Gasteiger partial charge on any atom is 0.0452 e. The first-order chi connectivity index (χ1) is 10.5. The fourth-order valence-corrected chi connectivity index (χ4v) is 2.99. The Hall–Kier alpha value is -1.50. The van der Waals surface area contributed by atoms with Crippen LogP contribution in [0.15, 0.2) is 41.6 Å². The average Bonchev–Trinajstić information content (AvgIpc) is 2.35. The van der Waals surface area contributed by atoms with Crippen LogP contribution in [0, 0.1) is 5.41 Å². The molecule has 0 aliphatic heterocycles. The number of hydrogen-bond donors (Lipinski definition) is 1. The SMILES string of the molecule is CC(=CC(C)(C)C)C=C(C)Nc1c(C(C)C)cccc1C(C)C. The van der Waals surface area contributed by atoms with Crippen molar-refractivity contribution in [2.24, 2.45) is 5.41 Å². The molecule has 1 heteroatoms. The fourth-order valence-electron chi connectivity index (χ4n) is 2.99. The van der Waals surface area contributed by atoms with Gasteiger partial charge in [-0.15, -0.1) is 0 Å². The van der Waals surface area contributed by atoms with Gasteiger partial charge in [-0.2, -0.15) is 0 Å². The molecule has 1 aromatic rings. The van der Waals surface area contributed by atoms with Crippen LogP contribution in [0.25, 0.3) is 0 Å². The van der Waals surface area contributed by atoms with Crippen LogP contribution in [0.2, 0.25) is 0 Å². The Balaban J connectivity index is 3.19. The highest BCUT2D eigenvalue weighted by Gasteiger charge is 2.13. The van der Waals surface area contributed by atoms with Crippen LogP contribution in [-0.2, 0) is 0 Å². The van der Waals surface area contributed by atoms with E-state index in [0.717, 1.165) is 0 Å². The van der Waals surface area contributed by atoms with E-state index >= 15 is 0 Å². The summed E-state index contributed by atoms with van der Waals surface area (Å²) in [7, 11) is 0. The van der Waals surface area contributed by atoms with Crippen molar-refractivity contribution in [2.75, 3.05) is 5.32 Å². The van der Waals surface area contributed by atoms with Crippen molar-refractivity contribution in [3.05, 3.63) is 52.7 Å². The molecule has 0 saturated carbocycles. The van der Waals surface area contributed by atoms with Crippen LogP contribution in [0.1, 0.15) is 85.3 Å². The maximum absolute atomic E-state index is 3.68. The molecule has 0 unspecified atom stereocenters. The van der Waals surface area contributed by atoms with Gasteiger partial charge in [0, 0.05) is 11.4 Å². The molecule has 0 aliphatic rings. The Morgan fingerprint density at radius 1 is 0.957 bits per heavy atom. The van der Waals surface area contributed by atoms with Gasteiger partial charge in [0.25, 0.3) is 0 Å². The van der Waals surface area contributed by atoms with Crippen LogP contribution in [0.5, 0.6) is 0 Å². The summed E-state index contributed by atoms with van der Waals surface area (Å²) in [5.41, 5.74) is 6.77. The van der Waals surface area contributed by atoms with Crippen LogP contribution < -0.4 is 5.32 Å². The quantitative estimate of drug-likeness (QED) is 0.565. The Bertz CT molecular complexity index is 554. The Kier molecular flexibility index (Phi) is 6.68. The van der Waals surface area contributed by atoms with Gasteiger partial charge in [0.2, 0.25) is 0 Å². The number of rotatable bonds is 5. The smallest absolute Gasteiger partial charge is 0.0452 e. The fraction of sp³-hybridized carbons (Fsp3) is 0.545. The lowest BCUT2D eigenvalue weighted by Gasteiger charge is -2.21. The van der Waals surface area contributed by atoms with Crippen molar-refractivity contribution in [2.45, 2.75) is 74.1 Å². The molecular formula is C22H35N. The van der Waals surface area contributed by atoms with Crippen molar-refractivity contribution in [1.82, 2.24) is 0 Å². The zero-order valence-corrected chi connectivity index (χ0v) is 16.5. The predicted molar refractivity (Wildman–Crippen MR) is 105 cm³/mol. The first-order valence-electron chi connectivity index (χ1n) is 8.79. The minimum Gasteiger partial charge on any atom is -0.359 e. The number of anilines is 1. The van der Waals surface area contributed by atoms with E-state index in [2.05, 4.69) is 98.0 Å². The van der Waals surface area contributed by atoms with Crippen molar-refractivity contribution in [3.8, 4) is 0 Å². The third-order valence-electron chi connectivity index (χ3n) is 3.80. The molecule has 0 amide bonds. The van der Waals surface area contributed by atoms with Crippen LogP contribution >= 0.6 is 0 Å². The van der Waals surface area contributed by atoms with E-state index in [1.54, 1.807) is 0 Å². The topological polar surface area (TPSA) is 12.0 Å². The van der Waals surface area contributed by atoms with Gasteiger partial charge in [-0.3, -0.25) is 0 Å². The van der Waals surface area contributed by atoms with E-state index in [1.807, 2.05) is 0 Å². The number of hydrogen-bond acceptors (Lipinski definition) is 1. The second kappa shape index (κ2) is 7.86. The van der Waals surface area contributed by atoms with Gasteiger partial charge in [0.05, 0.1) is 0 Å². The largest absolute Gasteiger partial charge is 0.359 e. The Morgan fingerprint density at radius 2 is 1.43 bits per heavy atom. The molecule has 1 N–H and O–H groups in total. The van der Waals surface area contributed by atoms with Gasteiger partial charge in [-0.05, 0) is 48.3 Å². The molecule has 0 aliphatic carbocycles. The van der Waals surface area contributed by atoms with E-state index in [0.29, 0.717) is 11.8 Å². The van der Waals surface area contributed by atoms with E-state index in [-0.39, 0.29) is 5.41 Å². The number of para-hydroxylation sites is 1. The molecule has 0 fully saturated rings. The highest BCUT2D eigenvalue weighted by Crippen LogP contribution is 2.33. The van der Waals surface area contributed by atoms with Crippen LogP contribution in [-0.4, -0.2) is 0 Å². The van der Waals surface area contributed by atoms with Gasteiger partial charge in [0.1, 0.15) is 0 Å². The summed E-state index contributed by atoms with van der Waals surface area (Å²) >= 11 is 0. The Morgan fingerprint density at radius 3 is 1.83 bits per heavy atom. The van der Waals surface area contributed by atoms with Gasteiger partial charge in [-0.25, -0.2) is 0 Å². The number of nitrogens with one attached hydrogen (secondary N) is 1. The second-order valence-electron chi connectivity index (χ2n) is 8.33. The molecule has 128 valence electrons. The summed E-state index contributed by atoms with van der Waals surface area (Å²) in [5, 5.41) is 3.68. The molecule has 0 radical (unpaired) electrons. The van der Waals surface area contributed by atoms with E-state index in [1.165, 1.54) is 28.1 Å². The standard InChI is InChI=1S/C22H35N/c1-15(2)19-11-10-12-20(16(3)4)21(19)23-18(6)13-17(5)14-22(7,8)9/h10-16,23H,1-9H3. The van der Waals surface area contributed by atoms with Crippen LogP contribution in [0.3, 0.4) is 0 Å². The summed E-state index contributed by atoms with van der Waals surface area (Å²) in [4.78, 5) is 0. The van der Waals surface area contributed by atoms with Crippen LogP contribution in [0.4, 0.5) is 5.69 Å². The summed E-state index contributed by atoms with van der Waals surface area (Å²) in [5.74, 6) is 1.02. The zero-order chi connectivity index (χ0) is 17.8. The highest BCUT2D eigenvalue weighted by molar-refractivity contribution is 5.63. The predicted octanol–water partition coefficient (Wildman–Crippen LogP) is 7.24. The summed E-state index contributed by atoms with van der Waals surface area (Å²) in [6.45, 7) is 20.1. The highest BCUT2D eigenvalue weighted by atomic mass is 14.9. The third-order valence-corrected chi connectivity index (χ3v) is 3.80. The zero-order valence-electron chi connectivity index (χ0n) is 16.5. The van der Waals surface area contributed by atoms with E-state index in [4.69, 9.17) is 0 Å². The molecular weight excluding hydrogens is 278 g/mol. The monoisotopic (exact) mass is 313 g/mol. The van der Waals surface area contributed by atoms with Crippen molar-refractivity contribution >= 4 is 5.69 Å². The lowest BCUT2D eigenvalue weighted by molar-refractivity contribution is 0.541. The third kappa shape index (κ3) is 6.25. The molecule has 0 heterocycles. The first kappa shape index (κ1) is 19.5. The molecule has 1 nitrogen and oxygen atoms in total. The van der Waals surface area contributed by atoms with Crippen molar-refractivity contribution in [1.29, 1.82) is 0 Å². The number of allylic oxidation sites excluding steroid dienone is 4. The van der Waals surface area contributed by atoms with Gasteiger partial charge < -0.3 is 5.32 Å². The lowest BCUT2D eigenvalue weighted by Crippen LogP contribution is -2.06. The second-order valence-corrected chi connectivity index (χ2v) is 8.33. The molecule has 23 heavy (non-hydrogen) atoms. The normalized spacial score (nSPS) is 13.9. The maximum atomic E-state index is 3.68. The molecule has 0 atom stereocenters. The average molecular weight is 314 g/mol. The molecule has 0 aromatic heterocycles. The summed E-state index contributed by atoms with van der Waals surface area (Å²) in [6, 6.07) is 6.66. The summed E-state index contributed by atoms with van der Waals surface area (Å²) < 4.78 is 0. The van der Waals surface area contributed by atoms with Gasteiger partial charge in [-0.1, -0.05) is 78.3 Å². The Labute approximate surface area is 143 Å². The lowest BCUT2D eigenvalue weighted by atomic mass is 9.92. The molecule has 0 saturated heterocycles. The van der Waals surface area contributed by atoms with Crippen molar-refractivity contribution < 1.29 is 0 Å². The van der Waals surface area contributed by atoms with E-state index < -0.39 is 0 Å². The summed E-state index contributed by atoms with van der Waals surface area (Å²) in [6.07, 6.45) is 4.56. The van der Waals surface area contributed by atoms with E-state index in [9.17, 15) is 0 Å². The molecule has 0 spiro atoms. The first-order valence-corrected chi connectivity index (χ1v) is 8.79. The minimum absolute atomic E-state index is 0.208. The molecule has 1 rings (SSSR count). The molecule has 0 bridgehead atoms. The molecule has 1 aromatic carbocycles. The minimum atomic E-state index is 0.208. The van der Waals surface area contributed by atoms with Crippen molar-refractivity contribution in [3.63, 3.8) is 0 Å². The van der Waals surface area contributed by atoms with Gasteiger partial charge in [0.15, 0.2) is 0 Å².